The van der Waals surface area contributed by atoms with Crippen molar-refractivity contribution in [3.8, 4) is 0 Å². The summed E-state index contributed by atoms with van der Waals surface area (Å²) in [7, 11) is 0. The number of benzene rings is 2. The molecule has 2 aromatic carbocycles. The van der Waals surface area contributed by atoms with E-state index in [1.165, 1.54) is 11.8 Å². The number of halogens is 1. The first-order valence-electron chi connectivity index (χ1n) is 7.09. The molecule has 22 heavy (non-hydrogen) atoms. The van der Waals surface area contributed by atoms with Gasteiger partial charge in [0, 0.05) is 21.3 Å². The molecule has 1 amide bonds. The molecule has 0 bridgehead atoms. The van der Waals surface area contributed by atoms with Gasteiger partial charge < -0.3 is 11.1 Å². The van der Waals surface area contributed by atoms with Crippen LogP contribution in [0.5, 0.6) is 0 Å². The third-order valence-corrected chi connectivity index (χ3v) is 5.00. The molecule has 0 spiro atoms. The van der Waals surface area contributed by atoms with E-state index >= 15 is 0 Å². The molecule has 3 N–H and O–H groups in total. The van der Waals surface area contributed by atoms with Gasteiger partial charge in [-0.05, 0) is 49.2 Å². The van der Waals surface area contributed by atoms with Crippen LogP contribution >= 0.6 is 23.4 Å². The Morgan fingerprint density at radius 1 is 1.32 bits per heavy atom. The van der Waals surface area contributed by atoms with Gasteiger partial charge in [-0.25, -0.2) is 0 Å². The Labute approximate surface area is 140 Å². The molecule has 0 aromatic heterocycles. The maximum absolute atomic E-state index is 12.4. The van der Waals surface area contributed by atoms with Gasteiger partial charge in [0.25, 0.3) is 0 Å². The van der Waals surface area contributed by atoms with Crippen LogP contribution < -0.4 is 11.1 Å². The topological polar surface area (TPSA) is 55.1 Å². The second-order valence-corrected chi connectivity index (χ2v) is 6.72. The largest absolute Gasteiger partial charge is 0.399 e. The van der Waals surface area contributed by atoms with Crippen LogP contribution in [0.15, 0.2) is 47.4 Å². The van der Waals surface area contributed by atoms with E-state index in [9.17, 15) is 4.79 Å². The zero-order valence-electron chi connectivity index (χ0n) is 12.6. The first-order chi connectivity index (χ1) is 10.5. The van der Waals surface area contributed by atoms with Crippen molar-refractivity contribution in [3.63, 3.8) is 0 Å². The molecule has 5 heteroatoms. The lowest BCUT2D eigenvalue weighted by Gasteiger charge is -2.15. The fraction of sp³-hybridized carbons (Fsp3) is 0.235. The Balaban J connectivity index is 2.06. The number of anilines is 2. The second kappa shape index (κ2) is 7.56. The zero-order chi connectivity index (χ0) is 16.1. The Morgan fingerprint density at radius 3 is 2.73 bits per heavy atom. The fourth-order valence-electron chi connectivity index (χ4n) is 1.97. The number of thioether (sulfide) groups is 1. The van der Waals surface area contributed by atoms with Gasteiger partial charge >= 0.3 is 0 Å². The minimum Gasteiger partial charge on any atom is -0.399 e. The number of carbonyl (C=O) groups excluding carboxylic acids is 1. The summed E-state index contributed by atoms with van der Waals surface area (Å²) in [6.07, 6.45) is 0.727. The van der Waals surface area contributed by atoms with Crippen LogP contribution in [0.2, 0.25) is 5.02 Å². The minimum absolute atomic E-state index is 0.0326. The van der Waals surface area contributed by atoms with E-state index in [-0.39, 0.29) is 11.2 Å². The van der Waals surface area contributed by atoms with E-state index < -0.39 is 0 Å². The van der Waals surface area contributed by atoms with Gasteiger partial charge in [0.15, 0.2) is 0 Å². The number of nitrogen functional groups attached to an aromatic ring is 1. The van der Waals surface area contributed by atoms with Crippen LogP contribution in [0.1, 0.15) is 18.9 Å². The van der Waals surface area contributed by atoms with Crippen LogP contribution in [0.4, 0.5) is 11.4 Å². The smallest absolute Gasteiger partial charge is 0.237 e. The van der Waals surface area contributed by atoms with Gasteiger partial charge in [0.1, 0.15) is 0 Å². The molecule has 3 nitrogen and oxygen atoms in total. The standard InChI is InChI=1S/C17H19ClN2OS/c1-3-16(22-14-6-4-5-12(19)9-14)17(21)20-13-8-7-11(2)15(18)10-13/h4-10,16H,3,19H2,1-2H3,(H,20,21). The third kappa shape index (κ3) is 4.42. The number of carbonyl (C=O) groups is 1. The number of rotatable bonds is 5. The average Bonchev–Trinajstić information content (AvgIpc) is 2.48. The fourth-order valence-corrected chi connectivity index (χ4v) is 3.17. The van der Waals surface area contributed by atoms with Crippen molar-refractivity contribution in [1.29, 1.82) is 0 Å². The predicted molar refractivity (Wildman–Crippen MR) is 95.6 cm³/mol. The lowest BCUT2D eigenvalue weighted by molar-refractivity contribution is -0.115. The molecule has 0 aliphatic rings. The van der Waals surface area contributed by atoms with Crippen molar-refractivity contribution in [3.05, 3.63) is 53.1 Å². The summed E-state index contributed by atoms with van der Waals surface area (Å²) in [6, 6.07) is 13.1. The minimum atomic E-state index is -0.179. The number of hydrogen-bond donors (Lipinski definition) is 2. The van der Waals surface area contributed by atoms with Crippen molar-refractivity contribution in [2.45, 2.75) is 30.4 Å². The number of nitrogens with one attached hydrogen (secondary N) is 1. The first-order valence-corrected chi connectivity index (χ1v) is 8.34. The highest BCUT2D eigenvalue weighted by molar-refractivity contribution is 8.00. The predicted octanol–water partition coefficient (Wildman–Crippen LogP) is 4.74. The molecule has 0 aliphatic carbocycles. The summed E-state index contributed by atoms with van der Waals surface area (Å²) >= 11 is 7.60. The molecular weight excluding hydrogens is 316 g/mol. The number of amides is 1. The van der Waals surface area contributed by atoms with E-state index in [0.29, 0.717) is 16.4 Å². The highest BCUT2D eigenvalue weighted by Gasteiger charge is 2.18. The molecule has 116 valence electrons. The SMILES string of the molecule is CCC(Sc1cccc(N)c1)C(=O)Nc1ccc(C)c(Cl)c1. The van der Waals surface area contributed by atoms with Crippen LogP contribution in [0.25, 0.3) is 0 Å². The Morgan fingerprint density at radius 2 is 2.09 bits per heavy atom. The van der Waals surface area contributed by atoms with Crippen molar-refractivity contribution in [2.24, 2.45) is 0 Å². The van der Waals surface area contributed by atoms with Gasteiger partial charge in [-0.2, -0.15) is 0 Å². The lowest BCUT2D eigenvalue weighted by atomic mass is 10.2. The zero-order valence-corrected chi connectivity index (χ0v) is 14.2. The van der Waals surface area contributed by atoms with Gasteiger partial charge in [-0.1, -0.05) is 30.7 Å². The van der Waals surface area contributed by atoms with Gasteiger partial charge in [-0.3, -0.25) is 4.79 Å². The van der Waals surface area contributed by atoms with Crippen molar-refractivity contribution in [1.82, 2.24) is 0 Å². The molecule has 0 fully saturated rings. The molecule has 1 unspecified atom stereocenters. The lowest BCUT2D eigenvalue weighted by Crippen LogP contribution is -2.24. The van der Waals surface area contributed by atoms with Crippen LogP contribution in [-0.4, -0.2) is 11.2 Å². The Hall–Kier alpha value is -1.65. The molecule has 0 radical (unpaired) electrons. The summed E-state index contributed by atoms with van der Waals surface area (Å²) in [6.45, 7) is 3.92. The number of aryl methyl sites for hydroxylation is 1. The Bertz CT molecular complexity index is 675. The van der Waals surface area contributed by atoms with E-state index in [0.717, 1.165) is 16.9 Å². The quantitative estimate of drug-likeness (QED) is 0.613. The maximum Gasteiger partial charge on any atom is 0.237 e. The molecule has 2 rings (SSSR count). The monoisotopic (exact) mass is 334 g/mol. The van der Waals surface area contributed by atoms with Crippen molar-refractivity contribution >= 4 is 40.6 Å². The number of hydrogen-bond acceptors (Lipinski definition) is 3. The molecular formula is C17H19ClN2OS. The van der Waals surface area contributed by atoms with Gasteiger partial charge in [0.05, 0.1) is 5.25 Å². The summed E-state index contributed by atoms with van der Waals surface area (Å²) in [4.78, 5) is 13.4. The van der Waals surface area contributed by atoms with Crippen LogP contribution in [-0.2, 0) is 4.79 Å². The summed E-state index contributed by atoms with van der Waals surface area (Å²) in [5, 5.41) is 3.39. The third-order valence-electron chi connectivity index (χ3n) is 3.24. The van der Waals surface area contributed by atoms with Gasteiger partial charge in [0.2, 0.25) is 5.91 Å². The van der Waals surface area contributed by atoms with E-state index in [1.807, 2.05) is 50.2 Å². The molecule has 1 atom stereocenters. The highest BCUT2D eigenvalue weighted by Crippen LogP contribution is 2.28. The molecule has 0 saturated carbocycles. The summed E-state index contributed by atoms with van der Waals surface area (Å²) in [5.41, 5.74) is 8.18. The number of nitrogens with two attached hydrogens (primary N) is 1. The maximum atomic E-state index is 12.4. The van der Waals surface area contributed by atoms with Crippen LogP contribution in [0, 0.1) is 6.92 Å². The average molecular weight is 335 g/mol. The Kier molecular flexibility index (Phi) is 5.75. The van der Waals surface area contributed by atoms with Crippen LogP contribution in [0.3, 0.4) is 0 Å². The molecule has 0 saturated heterocycles. The second-order valence-electron chi connectivity index (χ2n) is 5.04. The van der Waals surface area contributed by atoms with E-state index in [2.05, 4.69) is 5.32 Å². The van der Waals surface area contributed by atoms with E-state index in [1.54, 1.807) is 6.07 Å². The van der Waals surface area contributed by atoms with Crippen molar-refractivity contribution in [2.75, 3.05) is 11.1 Å². The molecule has 2 aromatic rings. The normalized spacial score (nSPS) is 12.0. The highest BCUT2D eigenvalue weighted by atomic mass is 35.5. The van der Waals surface area contributed by atoms with E-state index in [4.69, 9.17) is 17.3 Å². The first kappa shape index (κ1) is 16.7. The van der Waals surface area contributed by atoms with Gasteiger partial charge in [-0.15, -0.1) is 11.8 Å². The summed E-state index contributed by atoms with van der Waals surface area (Å²) < 4.78 is 0. The molecule has 0 heterocycles. The summed E-state index contributed by atoms with van der Waals surface area (Å²) in [5.74, 6) is -0.0326. The molecule has 0 aliphatic heterocycles. The van der Waals surface area contributed by atoms with Crippen molar-refractivity contribution < 1.29 is 4.79 Å².